The maximum absolute atomic E-state index is 5.01. The van der Waals surface area contributed by atoms with Gasteiger partial charge in [-0.1, -0.05) is 48.5 Å². The third-order valence-corrected chi connectivity index (χ3v) is 5.76. The molecule has 4 heteroatoms. The summed E-state index contributed by atoms with van der Waals surface area (Å²) < 4.78 is 0. The fraction of sp³-hybridized carbons (Fsp3) is 0. The molecule has 0 spiro atoms. The van der Waals surface area contributed by atoms with Gasteiger partial charge in [-0.25, -0.2) is 19.9 Å². The first-order valence-corrected chi connectivity index (χ1v) is 9.93. The van der Waals surface area contributed by atoms with Gasteiger partial charge in [-0.2, -0.15) is 0 Å². The molecule has 0 bridgehead atoms. The number of para-hydroxylation sites is 4. The number of aromatic nitrogens is 4. The summed E-state index contributed by atoms with van der Waals surface area (Å²) in [5.74, 6) is 0. The summed E-state index contributed by atoms with van der Waals surface area (Å²) in [5.41, 5.74) is 6.82. The molecule has 2 aromatic heterocycles. The van der Waals surface area contributed by atoms with E-state index in [1.165, 1.54) is 10.8 Å². The predicted molar refractivity (Wildman–Crippen MR) is 123 cm³/mol. The molecule has 0 aliphatic carbocycles. The van der Waals surface area contributed by atoms with E-state index in [1.54, 1.807) is 0 Å². The second kappa shape index (κ2) is 5.67. The van der Waals surface area contributed by atoms with Crippen molar-refractivity contribution in [2.45, 2.75) is 0 Å². The van der Waals surface area contributed by atoms with E-state index in [4.69, 9.17) is 19.9 Å². The van der Waals surface area contributed by atoms with Crippen LogP contribution in [0.4, 0.5) is 0 Å². The summed E-state index contributed by atoms with van der Waals surface area (Å²) in [4.78, 5) is 20.0. The lowest BCUT2D eigenvalue weighted by molar-refractivity contribution is 1.37. The first-order valence-electron chi connectivity index (χ1n) is 9.93. The Morgan fingerprint density at radius 2 is 0.700 bits per heavy atom. The number of nitrogens with zero attached hydrogens (tertiary/aromatic N) is 4. The largest absolute Gasteiger partial charge is 0.244 e. The predicted octanol–water partition coefficient (Wildman–Crippen LogP) is 6.19. The molecule has 5 aromatic carbocycles. The van der Waals surface area contributed by atoms with Gasteiger partial charge in [-0.3, -0.25) is 0 Å². The van der Waals surface area contributed by atoms with Crippen LogP contribution in [0.15, 0.2) is 84.9 Å². The summed E-state index contributed by atoms with van der Waals surface area (Å²) in [6.07, 6.45) is 0. The van der Waals surface area contributed by atoms with E-state index in [0.29, 0.717) is 0 Å². The van der Waals surface area contributed by atoms with Crippen molar-refractivity contribution in [1.82, 2.24) is 19.9 Å². The van der Waals surface area contributed by atoms with Crippen LogP contribution in [0.5, 0.6) is 0 Å². The van der Waals surface area contributed by atoms with Gasteiger partial charge in [-0.05, 0) is 47.2 Å². The van der Waals surface area contributed by atoms with Crippen LogP contribution in [0.3, 0.4) is 0 Å². The Morgan fingerprint density at radius 3 is 1.10 bits per heavy atom. The Bertz CT molecular complexity index is 1430. The fourth-order valence-electron chi connectivity index (χ4n) is 4.34. The van der Waals surface area contributed by atoms with E-state index in [2.05, 4.69) is 36.4 Å². The second-order valence-corrected chi connectivity index (χ2v) is 7.56. The highest BCUT2D eigenvalue weighted by atomic mass is 14.9. The zero-order valence-electron chi connectivity index (χ0n) is 15.9. The van der Waals surface area contributed by atoms with Crippen LogP contribution in [0, 0.1) is 0 Å². The highest BCUT2D eigenvalue weighted by molar-refractivity contribution is 6.24. The molecule has 4 nitrogen and oxygen atoms in total. The third-order valence-electron chi connectivity index (χ3n) is 5.76. The van der Waals surface area contributed by atoms with E-state index < -0.39 is 0 Å². The van der Waals surface area contributed by atoms with Crippen LogP contribution in [0.25, 0.3) is 65.7 Å². The van der Waals surface area contributed by atoms with Gasteiger partial charge < -0.3 is 0 Å². The maximum atomic E-state index is 5.01. The van der Waals surface area contributed by atoms with Crippen LogP contribution in [0.1, 0.15) is 0 Å². The van der Waals surface area contributed by atoms with E-state index >= 15 is 0 Å². The smallest absolute Gasteiger partial charge is 0.118 e. The van der Waals surface area contributed by atoms with Crippen molar-refractivity contribution in [3.05, 3.63) is 84.9 Å². The quantitative estimate of drug-likeness (QED) is 0.232. The zero-order chi connectivity index (χ0) is 19.7. The van der Waals surface area contributed by atoms with Gasteiger partial charge in [0.15, 0.2) is 0 Å². The number of hydrogen-bond acceptors (Lipinski definition) is 4. The molecule has 0 radical (unpaired) electrons. The van der Waals surface area contributed by atoms with Crippen molar-refractivity contribution in [2.75, 3.05) is 0 Å². The van der Waals surface area contributed by atoms with Crippen LogP contribution >= 0.6 is 0 Å². The number of benzene rings is 5. The minimum atomic E-state index is 0.796. The molecule has 0 aliphatic heterocycles. The monoisotopic (exact) mass is 382 g/mol. The average Bonchev–Trinajstić information content (AvgIpc) is 2.81. The normalized spacial score (nSPS) is 12.0. The molecular weight excluding hydrogens is 368 g/mol. The lowest BCUT2D eigenvalue weighted by Gasteiger charge is -2.11. The van der Waals surface area contributed by atoms with E-state index in [1.807, 2.05) is 48.5 Å². The summed E-state index contributed by atoms with van der Waals surface area (Å²) in [7, 11) is 0. The topological polar surface area (TPSA) is 51.6 Å². The molecule has 2 heterocycles. The summed E-state index contributed by atoms with van der Waals surface area (Å²) in [6.45, 7) is 0. The Morgan fingerprint density at radius 1 is 0.367 bits per heavy atom. The Labute approximate surface area is 170 Å². The van der Waals surface area contributed by atoms with Crippen LogP contribution < -0.4 is 0 Å². The fourth-order valence-corrected chi connectivity index (χ4v) is 4.34. The minimum Gasteiger partial charge on any atom is -0.244 e. The van der Waals surface area contributed by atoms with Gasteiger partial charge in [0.2, 0.25) is 0 Å². The van der Waals surface area contributed by atoms with Crippen molar-refractivity contribution in [2.24, 2.45) is 0 Å². The minimum absolute atomic E-state index is 0.796. The van der Waals surface area contributed by atoms with Crippen LogP contribution in [0.2, 0.25) is 0 Å². The Hall–Kier alpha value is -4.18. The molecule has 0 atom stereocenters. The average molecular weight is 382 g/mol. The maximum Gasteiger partial charge on any atom is 0.118 e. The van der Waals surface area contributed by atoms with Gasteiger partial charge in [0.05, 0.1) is 33.1 Å². The van der Waals surface area contributed by atoms with E-state index in [0.717, 1.165) is 54.9 Å². The number of fused-ring (bicyclic) bond motifs is 9. The zero-order valence-corrected chi connectivity index (χ0v) is 15.9. The molecule has 0 unspecified atom stereocenters. The summed E-state index contributed by atoms with van der Waals surface area (Å²) >= 11 is 0. The molecule has 0 N–H and O–H groups in total. The van der Waals surface area contributed by atoms with Gasteiger partial charge in [-0.15, -0.1) is 0 Å². The first kappa shape index (κ1) is 15.7. The molecule has 7 aromatic rings. The lowest BCUT2D eigenvalue weighted by atomic mass is 10.00. The number of hydrogen-bond donors (Lipinski definition) is 0. The van der Waals surface area contributed by atoms with E-state index in [9.17, 15) is 0 Å². The van der Waals surface area contributed by atoms with Crippen LogP contribution in [-0.4, -0.2) is 19.9 Å². The molecule has 30 heavy (non-hydrogen) atoms. The van der Waals surface area contributed by atoms with Crippen molar-refractivity contribution in [3.63, 3.8) is 0 Å². The van der Waals surface area contributed by atoms with Gasteiger partial charge in [0, 0.05) is 10.8 Å². The SMILES string of the molecule is c1ccc2cc3c(cc2c1)c1nc2ccccc2nc1c1nc2ccccc2nc31. The second-order valence-electron chi connectivity index (χ2n) is 7.56. The molecule has 0 amide bonds. The lowest BCUT2D eigenvalue weighted by Crippen LogP contribution is -1.95. The Balaban J connectivity index is 1.82. The molecular formula is C26H14N4. The first-order chi connectivity index (χ1) is 14.8. The molecule has 7 rings (SSSR count). The van der Waals surface area contributed by atoms with Crippen LogP contribution in [-0.2, 0) is 0 Å². The highest BCUT2D eigenvalue weighted by Gasteiger charge is 2.16. The number of rotatable bonds is 0. The molecule has 0 saturated carbocycles. The van der Waals surface area contributed by atoms with Gasteiger partial charge in [0.25, 0.3) is 0 Å². The molecule has 0 saturated heterocycles. The van der Waals surface area contributed by atoms with Crippen molar-refractivity contribution in [3.8, 4) is 0 Å². The standard InChI is InChI=1S/C26H14N4/c1-2-8-16-14-18-17(13-15(16)7-1)23-25(29-21-11-5-3-9-19(21)27-23)26-24(18)28-20-10-4-6-12-22(20)30-26/h1-14H. The Kier molecular flexibility index (Phi) is 2.97. The molecule has 0 aliphatic rings. The summed E-state index contributed by atoms with van der Waals surface area (Å²) in [5, 5.41) is 4.46. The van der Waals surface area contributed by atoms with E-state index in [-0.39, 0.29) is 0 Å². The molecule has 138 valence electrons. The molecule has 0 fully saturated rings. The third kappa shape index (κ3) is 2.10. The highest BCUT2D eigenvalue weighted by Crippen LogP contribution is 2.35. The van der Waals surface area contributed by atoms with Crippen molar-refractivity contribution < 1.29 is 0 Å². The summed E-state index contributed by atoms with van der Waals surface area (Å²) in [6, 6.07) is 28.7. The van der Waals surface area contributed by atoms with Gasteiger partial charge in [0.1, 0.15) is 11.0 Å². The van der Waals surface area contributed by atoms with Crippen molar-refractivity contribution >= 4 is 65.7 Å². The van der Waals surface area contributed by atoms with Crippen molar-refractivity contribution in [1.29, 1.82) is 0 Å². The van der Waals surface area contributed by atoms with Gasteiger partial charge >= 0.3 is 0 Å².